The van der Waals surface area contributed by atoms with Gasteiger partial charge in [0.1, 0.15) is 8.37 Å². The molecule has 0 aromatic heterocycles. The first kappa shape index (κ1) is 29.8. The third kappa shape index (κ3) is 7.59. The van der Waals surface area contributed by atoms with Gasteiger partial charge in [0, 0.05) is 118 Å². The van der Waals surface area contributed by atoms with Gasteiger partial charge in [0.05, 0.1) is 0 Å². The molecule has 7 nitrogen and oxygen atoms in total. The second kappa shape index (κ2) is 13.5. The summed E-state index contributed by atoms with van der Waals surface area (Å²) in [7, 11) is 12.0. The molecule has 8 heteroatoms. The molecule has 3 fully saturated rings. The molecule has 0 atom stereocenters. The quantitative estimate of drug-likeness (QED) is 0.322. The largest absolute Gasteiger partial charge is 0.378 e. The Morgan fingerprint density at radius 3 is 0.951 bits per heavy atom. The Morgan fingerprint density at radius 1 is 0.439 bits per heavy atom. The van der Waals surface area contributed by atoms with E-state index >= 15 is 0 Å². The zero-order valence-electron chi connectivity index (χ0n) is 25.9. The van der Waals surface area contributed by atoms with Crippen LogP contribution in [-0.2, 0) is 19.6 Å². The molecule has 0 aliphatic carbocycles. The smallest absolute Gasteiger partial charge is 0.121 e. The average Bonchev–Trinajstić information content (AvgIpc) is 2.94. The van der Waals surface area contributed by atoms with E-state index in [4.69, 9.17) is 0 Å². The molecule has 0 saturated carbocycles. The van der Waals surface area contributed by atoms with Crippen LogP contribution >= 0.6 is 8.37 Å². The summed E-state index contributed by atoms with van der Waals surface area (Å²) in [6.07, 6.45) is 0. The van der Waals surface area contributed by atoms with Gasteiger partial charge in [-0.25, -0.2) is 0 Å². The van der Waals surface area contributed by atoms with Crippen LogP contribution < -0.4 is 14.7 Å². The highest BCUT2D eigenvalue weighted by Gasteiger charge is 2.36. The molecule has 0 N–H and O–H groups in total. The molecule has 0 unspecified atom stereocenters. The summed E-state index contributed by atoms with van der Waals surface area (Å²) >= 11 is 0. The second-order valence-corrected chi connectivity index (χ2v) is 14.2. The molecule has 6 rings (SSSR count). The lowest BCUT2D eigenvalue weighted by atomic mass is 10.2. The van der Waals surface area contributed by atoms with Crippen LogP contribution in [0.15, 0.2) is 72.8 Å². The van der Waals surface area contributed by atoms with Crippen molar-refractivity contribution in [2.45, 2.75) is 19.6 Å². The molecule has 3 aliphatic rings. The van der Waals surface area contributed by atoms with E-state index in [1.807, 2.05) is 0 Å². The van der Waals surface area contributed by atoms with Gasteiger partial charge in [-0.2, -0.15) is 0 Å². The molecule has 3 saturated heterocycles. The van der Waals surface area contributed by atoms with E-state index in [1.165, 1.54) is 33.8 Å². The predicted molar refractivity (Wildman–Crippen MR) is 177 cm³/mol. The van der Waals surface area contributed by atoms with Crippen LogP contribution in [-0.4, -0.2) is 100 Å². The number of fused-ring (bicyclic) bond motifs is 6. The number of benzene rings is 3. The fourth-order valence-corrected chi connectivity index (χ4v) is 8.42. The topological polar surface area (TPSA) is 22.7 Å². The van der Waals surface area contributed by atoms with E-state index in [9.17, 15) is 0 Å². The first-order valence-electron chi connectivity index (χ1n) is 14.8. The van der Waals surface area contributed by atoms with E-state index in [1.54, 1.807) is 0 Å². The van der Waals surface area contributed by atoms with Crippen molar-refractivity contribution in [2.24, 2.45) is 0 Å². The Morgan fingerprint density at radius 2 is 0.707 bits per heavy atom. The van der Waals surface area contributed by atoms with E-state index in [2.05, 4.69) is 149 Å². The van der Waals surface area contributed by atoms with E-state index in [-0.39, 0.29) is 0 Å². The highest BCUT2D eigenvalue weighted by molar-refractivity contribution is 7.50. The van der Waals surface area contributed by atoms with Gasteiger partial charge in [0.2, 0.25) is 0 Å². The number of anilines is 3. The molecule has 0 spiro atoms. The van der Waals surface area contributed by atoms with Crippen LogP contribution in [0.2, 0.25) is 0 Å². The third-order valence-corrected chi connectivity index (χ3v) is 10.8. The molecular weight excluding hydrogens is 525 g/mol. The van der Waals surface area contributed by atoms with Crippen molar-refractivity contribution in [3.8, 4) is 0 Å². The minimum Gasteiger partial charge on any atom is -0.378 e. The summed E-state index contributed by atoms with van der Waals surface area (Å²) in [5.41, 5.74) is 7.92. The van der Waals surface area contributed by atoms with Crippen molar-refractivity contribution >= 4 is 25.4 Å². The van der Waals surface area contributed by atoms with Crippen molar-refractivity contribution in [3.63, 3.8) is 0 Å². The lowest BCUT2D eigenvalue weighted by Crippen LogP contribution is -2.51. The van der Waals surface area contributed by atoms with Gasteiger partial charge in [-0.05, 0) is 53.1 Å². The van der Waals surface area contributed by atoms with E-state index in [0.717, 1.165) is 58.9 Å². The van der Waals surface area contributed by atoms with Gasteiger partial charge in [0.15, 0.2) is 0 Å². The van der Waals surface area contributed by atoms with Crippen molar-refractivity contribution in [3.05, 3.63) is 89.5 Å². The number of rotatable bonds is 9. The van der Waals surface area contributed by atoms with Crippen LogP contribution in [0.5, 0.6) is 0 Å². The number of hydrogen-bond acceptors (Lipinski definition) is 7. The Labute approximate surface area is 249 Å². The van der Waals surface area contributed by atoms with Crippen LogP contribution in [0, 0.1) is 0 Å². The maximum absolute atomic E-state index is 2.79. The fourth-order valence-electron chi connectivity index (χ4n) is 5.67. The summed E-state index contributed by atoms with van der Waals surface area (Å²) in [6.45, 7) is 9.62. The molecule has 3 heterocycles. The third-order valence-electron chi connectivity index (χ3n) is 8.24. The van der Waals surface area contributed by atoms with Gasteiger partial charge in [-0.15, -0.1) is 0 Å². The zero-order valence-corrected chi connectivity index (χ0v) is 26.8. The van der Waals surface area contributed by atoms with Crippen LogP contribution in [0.25, 0.3) is 0 Å². The lowest BCUT2D eigenvalue weighted by molar-refractivity contribution is 0.159. The molecular formula is C33H48N7P. The normalized spacial score (nSPS) is 20.3. The monoisotopic (exact) mass is 573 g/mol. The predicted octanol–water partition coefficient (Wildman–Crippen LogP) is 5.25. The van der Waals surface area contributed by atoms with Gasteiger partial charge in [-0.3, -0.25) is 18.9 Å². The van der Waals surface area contributed by atoms with Crippen molar-refractivity contribution in [1.29, 1.82) is 0 Å². The maximum Gasteiger partial charge on any atom is 0.121 e. The first-order valence-corrected chi connectivity index (χ1v) is 16.0. The summed E-state index contributed by atoms with van der Waals surface area (Å²) in [6, 6.07) is 27.5. The van der Waals surface area contributed by atoms with Crippen LogP contribution in [0.3, 0.4) is 0 Å². The standard InChI is InChI=1S/C33H48N7P/c1-34(2)31-13-7-28(8-14-31)25-38-22-19-37-20-23-39(26-29-9-15-32(16-10-29)35(3)4)41(38)40(24-21-37)27-30-11-17-33(18-12-30)36(5)6/h7-18H,19-27H2,1-6H3. The molecule has 0 amide bonds. The van der Waals surface area contributed by atoms with E-state index in [0.29, 0.717) is 0 Å². The fraction of sp³-hybridized carbons (Fsp3) is 0.455. The summed E-state index contributed by atoms with van der Waals surface area (Å²) in [5.74, 6) is 0. The highest BCUT2D eigenvalue weighted by atomic mass is 31.2. The molecule has 3 aromatic rings. The van der Waals surface area contributed by atoms with Crippen LogP contribution in [0.4, 0.5) is 17.1 Å². The SMILES string of the molecule is CN(C)c1ccc(CN2CCN3CCN(Cc4ccc(N(C)C)cc4)P2N(Cc2ccc(N(C)C)cc2)CC3)cc1. The Hall–Kier alpha value is -2.67. The average molecular weight is 574 g/mol. The van der Waals surface area contributed by atoms with Crippen molar-refractivity contribution in [2.75, 3.05) is 96.3 Å². The van der Waals surface area contributed by atoms with Crippen LogP contribution in [0.1, 0.15) is 16.7 Å². The highest BCUT2D eigenvalue weighted by Crippen LogP contribution is 2.51. The molecule has 41 heavy (non-hydrogen) atoms. The summed E-state index contributed by atoms with van der Waals surface area (Å²) in [5, 5.41) is 0. The second-order valence-electron chi connectivity index (χ2n) is 12.0. The lowest BCUT2D eigenvalue weighted by Gasteiger charge is -2.50. The molecule has 220 valence electrons. The molecule has 3 aliphatic heterocycles. The number of nitrogens with zero attached hydrogens (tertiary/aromatic N) is 7. The first-order chi connectivity index (χ1) is 19.8. The maximum atomic E-state index is 2.79. The van der Waals surface area contributed by atoms with Crippen molar-refractivity contribution in [1.82, 2.24) is 18.9 Å². The van der Waals surface area contributed by atoms with E-state index < -0.39 is 8.37 Å². The van der Waals surface area contributed by atoms with Crippen molar-refractivity contribution < 1.29 is 0 Å². The van der Waals surface area contributed by atoms with Gasteiger partial charge in [-0.1, -0.05) is 36.4 Å². The van der Waals surface area contributed by atoms with Gasteiger partial charge < -0.3 is 14.7 Å². The van der Waals surface area contributed by atoms with Gasteiger partial charge >= 0.3 is 0 Å². The Balaban J connectivity index is 1.46. The summed E-state index contributed by atoms with van der Waals surface area (Å²) < 4.78 is 8.36. The molecule has 2 bridgehead atoms. The molecule has 3 aromatic carbocycles. The Kier molecular flexibility index (Phi) is 9.84. The summed E-state index contributed by atoms with van der Waals surface area (Å²) in [4.78, 5) is 9.21. The van der Waals surface area contributed by atoms with Gasteiger partial charge in [0.25, 0.3) is 0 Å². The molecule has 0 radical (unpaired) electrons. The minimum atomic E-state index is -0.657. The number of hydrogen-bond donors (Lipinski definition) is 0. The zero-order chi connectivity index (χ0) is 28.9. The minimum absolute atomic E-state index is 0.657. The Bertz CT molecular complexity index is 1070.